The summed E-state index contributed by atoms with van der Waals surface area (Å²) in [5.74, 6) is 0. The van der Waals surface area contributed by atoms with E-state index in [0.717, 1.165) is 16.6 Å². The normalized spacial score (nSPS) is 10.7. The van der Waals surface area contributed by atoms with Crippen LogP contribution < -0.4 is 0 Å². The molecule has 0 atom stereocenters. The molecule has 0 radical (unpaired) electrons. The molecule has 0 spiro atoms. The summed E-state index contributed by atoms with van der Waals surface area (Å²) >= 11 is 5.79. The summed E-state index contributed by atoms with van der Waals surface area (Å²) in [6.45, 7) is 1.92. The Morgan fingerprint density at radius 1 is 1.55 bits per heavy atom. The van der Waals surface area contributed by atoms with Crippen LogP contribution in [0.3, 0.4) is 0 Å². The SMILES string of the molecule is Cc1cc2cn[nH]c2nc1Cl. The Morgan fingerprint density at radius 2 is 2.36 bits per heavy atom. The lowest BCUT2D eigenvalue weighted by Gasteiger charge is -1.94. The van der Waals surface area contributed by atoms with Gasteiger partial charge in [0.15, 0.2) is 5.65 Å². The molecule has 3 nitrogen and oxygen atoms in total. The number of hydrogen-bond acceptors (Lipinski definition) is 2. The smallest absolute Gasteiger partial charge is 0.156 e. The molecular weight excluding hydrogens is 162 g/mol. The van der Waals surface area contributed by atoms with Crippen LogP contribution in [0.25, 0.3) is 11.0 Å². The minimum Gasteiger partial charge on any atom is -0.261 e. The zero-order chi connectivity index (χ0) is 7.84. The van der Waals surface area contributed by atoms with Gasteiger partial charge in [-0.3, -0.25) is 5.10 Å². The van der Waals surface area contributed by atoms with Crippen molar-refractivity contribution in [3.63, 3.8) is 0 Å². The van der Waals surface area contributed by atoms with Gasteiger partial charge in [0.05, 0.1) is 6.20 Å². The number of pyridine rings is 1. The van der Waals surface area contributed by atoms with E-state index in [9.17, 15) is 0 Å². The van der Waals surface area contributed by atoms with Crippen molar-refractivity contribution < 1.29 is 0 Å². The number of halogens is 1. The fraction of sp³-hybridized carbons (Fsp3) is 0.143. The van der Waals surface area contributed by atoms with Gasteiger partial charge in [0.2, 0.25) is 0 Å². The number of nitrogens with one attached hydrogen (secondary N) is 1. The summed E-state index contributed by atoms with van der Waals surface area (Å²) in [6.07, 6.45) is 1.73. The van der Waals surface area contributed by atoms with E-state index < -0.39 is 0 Å². The summed E-state index contributed by atoms with van der Waals surface area (Å²) in [6, 6.07) is 1.95. The first-order chi connectivity index (χ1) is 5.27. The number of H-pyrrole nitrogens is 1. The summed E-state index contributed by atoms with van der Waals surface area (Å²) in [5, 5.41) is 8.10. The molecule has 2 rings (SSSR count). The van der Waals surface area contributed by atoms with E-state index in [1.54, 1.807) is 6.20 Å². The molecule has 0 fully saturated rings. The molecule has 0 aliphatic rings. The van der Waals surface area contributed by atoms with Crippen LogP contribution in [0.2, 0.25) is 5.15 Å². The number of aryl methyl sites for hydroxylation is 1. The highest BCUT2D eigenvalue weighted by Crippen LogP contribution is 2.16. The second kappa shape index (κ2) is 2.20. The lowest BCUT2D eigenvalue weighted by Crippen LogP contribution is -1.81. The van der Waals surface area contributed by atoms with Gasteiger partial charge in [-0.2, -0.15) is 5.10 Å². The molecule has 4 heteroatoms. The first kappa shape index (κ1) is 6.61. The Kier molecular flexibility index (Phi) is 1.32. The van der Waals surface area contributed by atoms with E-state index >= 15 is 0 Å². The molecule has 0 saturated carbocycles. The fourth-order valence-corrected chi connectivity index (χ4v) is 1.10. The largest absolute Gasteiger partial charge is 0.261 e. The quantitative estimate of drug-likeness (QED) is 0.609. The zero-order valence-corrected chi connectivity index (χ0v) is 6.68. The van der Waals surface area contributed by atoms with Crippen LogP contribution in [-0.2, 0) is 0 Å². The highest BCUT2D eigenvalue weighted by atomic mass is 35.5. The predicted octanol–water partition coefficient (Wildman–Crippen LogP) is 1.92. The number of fused-ring (bicyclic) bond motifs is 1. The van der Waals surface area contributed by atoms with Crippen LogP contribution in [0.5, 0.6) is 0 Å². The highest BCUT2D eigenvalue weighted by Gasteiger charge is 2.00. The number of nitrogens with zero attached hydrogens (tertiary/aromatic N) is 2. The lowest BCUT2D eigenvalue weighted by atomic mass is 10.3. The minimum atomic E-state index is 0.529. The van der Waals surface area contributed by atoms with E-state index in [1.807, 2.05) is 13.0 Å². The standard InChI is InChI=1S/C7H6ClN3/c1-4-2-5-3-9-11-7(5)10-6(4)8/h2-3H,1H3,(H,9,10,11). The minimum absolute atomic E-state index is 0.529. The van der Waals surface area contributed by atoms with Crippen molar-refractivity contribution in [1.82, 2.24) is 15.2 Å². The topological polar surface area (TPSA) is 41.6 Å². The molecule has 0 unspecified atom stereocenters. The molecule has 0 bridgehead atoms. The van der Waals surface area contributed by atoms with E-state index in [-0.39, 0.29) is 0 Å². The van der Waals surface area contributed by atoms with E-state index in [2.05, 4.69) is 15.2 Å². The van der Waals surface area contributed by atoms with Crippen LogP contribution in [0.4, 0.5) is 0 Å². The van der Waals surface area contributed by atoms with Crippen LogP contribution in [0.1, 0.15) is 5.56 Å². The third-order valence-corrected chi connectivity index (χ3v) is 1.94. The van der Waals surface area contributed by atoms with Crippen LogP contribution >= 0.6 is 11.6 Å². The second-order valence-corrected chi connectivity index (χ2v) is 2.76. The van der Waals surface area contributed by atoms with Crippen molar-refractivity contribution in [2.75, 3.05) is 0 Å². The average molecular weight is 168 g/mol. The Bertz CT molecular complexity index is 357. The van der Waals surface area contributed by atoms with E-state index in [1.165, 1.54) is 0 Å². The molecule has 0 saturated heterocycles. The Labute approximate surface area is 68.4 Å². The van der Waals surface area contributed by atoms with E-state index in [4.69, 9.17) is 11.6 Å². The molecule has 1 N–H and O–H groups in total. The van der Waals surface area contributed by atoms with Gasteiger partial charge in [-0.25, -0.2) is 4.98 Å². The molecule has 0 aromatic carbocycles. The van der Waals surface area contributed by atoms with Gasteiger partial charge in [0.25, 0.3) is 0 Å². The Hall–Kier alpha value is -1.09. The van der Waals surface area contributed by atoms with Crippen LogP contribution in [-0.4, -0.2) is 15.2 Å². The Balaban J connectivity index is 2.86. The van der Waals surface area contributed by atoms with Crippen LogP contribution in [0, 0.1) is 6.92 Å². The number of hydrogen-bond donors (Lipinski definition) is 1. The number of aromatic amines is 1. The van der Waals surface area contributed by atoms with Gasteiger partial charge < -0.3 is 0 Å². The molecule has 56 valence electrons. The van der Waals surface area contributed by atoms with Gasteiger partial charge >= 0.3 is 0 Å². The van der Waals surface area contributed by atoms with Gasteiger partial charge in [0, 0.05) is 5.39 Å². The highest BCUT2D eigenvalue weighted by molar-refractivity contribution is 6.30. The van der Waals surface area contributed by atoms with Gasteiger partial charge in [-0.1, -0.05) is 11.6 Å². The molecular formula is C7H6ClN3. The molecule has 2 aromatic rings. The summed E-state index contributed by atoms with van der Waals surface area (Å²) < 4.78 is 0. The second-order valence-electron chi connectivity index (χ2n) is 2.40. The monoisotopic (exact) mass is 167 g/mol. The molecule has 2 aromatic heterocycles. The van der Waals surface area contributed by atoms with E-state index in [0.29, 0.717) is 5.15 Å². The number of rotatable bonds is 0. The first-order valence-corrected chi connectivity index (χ1v) is 3.61. The van der Waals surface area contributed by atoms with Gasteiger partial charge in [-0.15, -0.1) is 0 Å². The predicted molar refractivity (Wildman–Crippen MR) is 43.6 cm³/mol. The van der Waals surface area contributed by atoms with Crippen molar-refractivity contribution >= 4 is 22.6 Å². The maximum atomic E-state index is 5.79. The molecule has 0 amide bonds. The maximum absolute atomic E-state index is 5.79. The summed E-state index contributed by atoms with van der Waals surface area (Å²) in [4.78, 5) is 4.08. The third-order valence-electron chi connectivity index (χ3n) is 1.55. The third kappa shape index (κ3) is 0.973. The van der Waals surface area contributed by atoms with Crippen LogP contribution in [0.15, 0.2) is 12.3 Å². The molecule has 11 heavy (non-hydrogen) atoms. The molecule has 0 aliphatic carbocycles. The Morgan fingerprint density at radius 3 is 3.18 bits per heavy atom. The fourth-order valence-electron chi connectivity index (χ4n) is 0.963. The van der Waals surface area contributed by atoms with Crippen molar-refractivity contribution in [3.05, 3.63) is 23.0 Å². The summed E-state index contributed by atoms with van der Waals surface area (Å²) in [5.41, 5.74) is 1.71. The van der Waals surface area contributed by atoms with Gasteiger partial charge in [-0.05, 0) is 18.6 Å². The van der Waals surface area contributed by atoms with Crippen molar-refractivity contribution in [2.24, 2.45) is 0 Å². The first-order valence-electron chi connectivity index (χ1n) is 3.23. The molecule has 0 aliphatic heterocycles. The van der Waals surface area contributed by atoms with Gasteiger partial charge in [0.1, 0.15) is 5.15 Å². The summed E-state index contributed by atoms with van der Waals surface area (Å²) in [7, 11) is 0. The zero-order valence-electron chi connectivity index (χ0n) is 5.93. The maximum Gasteiger partial charge on any atom is 0.156 e. The van der Waals surface area contributed by atoms with Crippen molar-refractivity contribution in [1.29, 1.82) is 0 Å². The molecule has 2 heterocycles. The number of aromatic nitrogens is 3. The average Bonchev–Trinajstić information content (AvgIpc) is 2.36. The van der Waals surface area contributed by atoms with Crippen molar-refractivity contribution in [2.45, 2.75) is 6.92 Å². The lowest BCUT2D eigenvalue weighted by molar-refractivity contribution is 1.10. The van der Waals surface area contributed by atoms with Crippen molar-refractivity contribution in [3.8, 4) is 0 Å².